The third-order valence-electron chi connectivity index (χ3n) is 6.33. The van der Waals surface area contributed by atoms with E-state index >= 15 is 0 Å². The van der Waals surface area contributed by atoms with Crippen molar-refractivity contribution in [3.05, 3.63) is 102 Å². The molecular formula is C27H24FN7. The summed E-state index contributed by atoms with van der Waals surface area (Å²) < 4.78 is 14.6. The van der Waals surface area contributed by atoms with Crippen LogP contribution in [0.1, 0.15) is 11.3 Å². The maximum atomic E-state index is 14.6. The highest BCUT2D eigenvalue weighted by Crippen LogP contribution is 2.32. The van der Waals surface area contributed by atoms with Crippen LogP contribution in [0, 0.1) is 5.82 Å². The molecule has 1 fully saturated rings. The van der Waals surface area contributed by atoms with E-state index in [0.29, 0.717) is 17.0 Å². The van der Waals surface area contributed by atoms with Crippen LogP contribution in [0.4, 0.5) is 10.2 Å². The highest BCUT2D eigenvalue weighted by Gasteiger charge is 2.26. The quantitative estimate of drug-likeness (QED) is 0.616. The third-order valence-corrected chi connectivity index (χ3v) is 6.33. The summed E-state index contributed by atoms with van der Waals surface area (Å²) in [4.78, 5) is 21.1. The molecule has 1 aromatic carbocycles. The number of fused-ring (bicyclic) bond motifs is 1. The van der Waals surface area contributed by atoms with Crippen molar-refractivity contribution in [3.63, 3.8) is 0 Å². The molecule has 0 amide bonds. The Bertz CT molecular complexity index is 1370. The Hall–Kier alpha value is -4.17. The van der Waals surface area contributed by atoms with Crippen molar-refractivity contribution in [1.82, 2.24) is 25.6 Å². The van der Waals surface area contributed by atoms with Gasteiger partial charge in [0.1, 0.15) is 17.8 Å². The van der Waals surface area contributed by atoms with Crippen molar-refractivity contribution < 1.29 is 4.39 Å². The van der Waals surface area contributed by atoms with Crippen molar-refractivity contribution in [3.8, 4) is 11.3 Å². The van der Waals surface area contributed by atoms with Gasteiger partial charge >= 0.3 is 0 Å². The van der Waals surface area contributed by atoms with Crippen molar-refractivity contribution in [2.75, 3.05) is 31.1 Å². The van der Waals surface area contributed by atoms with E-state index in [2.05, 4.69) is 25.5 Å². The number of piperazine rings is 1. The van der Waals surface area contributed by atoms with E-state index in [4.69, 9.17) is 9.98 Å². The molecular weight excluding hydrogens is 441 g/mol. The first-order valence-electron chi connectivity index (χ1n) is 11.7. The molecule has 3 aliphatic heterocycles. The number of allylic oxidation sites excluding steroid dienone is 3. The van der Waals surface area contributed by atoms with Crippen LogP contribution in [0.15, 0.2) is 90.0 Å². The van der Waals surface area contributed by atoms with Crippen molar-refractivity contribution in [2.24, 2.45) is 4.99 Å². The second-order valence-corrected chi connectivity index (χ2v) is 8.53. The normalized spacial score (nSPS) is 19.3. The molecule has 0 radical (unpaired) electrons. The number of halogens is 1. The fourth-order valence-electron chi connectivity index (χ4n) is 4.51. The van der Waals surface area contributed by atoms with E-state index in [1.54, 1.807) is 24.5 Å². The molecule has 1 unspecified atom stereocenters. The van der Waals surface area contributed by atoms with E-state index in [1.807, 2.05) is 48.8 Å². The van der Waals surface area contributed by atoms with Gasteiger partial charge in [0.15, 0.2) is 0 Å². The van der Waals surface area contributed by atoms with Gasteiger partial charge in [0.05, 0.1) is 29.5 Å². The summed E-state index contributed by atoms with van der Waals surface area (Å²) in [5.74, 6) is 0.657. The Balaban J connectivity index is 1.36. The van der Waals surface area contributed by atoms with Crippen LogP contribution in [0.2, 0.25) is 0 Å². The zero-order valence-electron chi connectivity index (χ0n) is 19.0. The number of rotatable bonds is 4. The Morgan fingerprint density at radius 2 is 1.83 bits per heavy atom. The first-order valence-corrected chi connectivity index (χ1v) is 11.7. The predicted octanol–water partition coefficient (Wildman–Crippen LogP) is 3.34. The number of nitrogens with one attached hydrogen (secondary N) is 2. The molecule has 3 aromatic rings. The van der Waals surface area contributed by atoms with Gasteiger partial charge in [0.2, 0.25) is 0 Å². The van der Waals surface area contributed by atoms with Gasteiger partial charge in [-0.2, -0.15) is 0 Å². The molecule has 0 saturated carbocycles. The molecule has 0 bridgehead atoms. The molecule has 0 aliphatic carbocycles. The number of nitrogens with zero attached hydrogens (tertiary/aromatic N) is 5. The molecule has 2 aromatic heterocycles. The zero-order valence-corrected chi connectivity index (χ0v) is 19.0. The highest BCUT2D eigenvalue weighted by atomic mass is 19.1. The number of pyridine rings is 1. The summed E-state index contributed by atoms with van der Waals surface area (Å²) in [6.45, 7) is 3.82. The summed E-state index contributed by atoms with van der Waals surface area (Å²) in [6, 6.07) is 10.7. The number of aliphatic imine (C=N–C) groups is 1. The largest absolute Gasteiger partial charge is 0.366 e. The molecule has 1 saturated heterocycles. The maximum absolute atomic E-state index is 14.6. The molecule has 7 nitrogen and oxygen atoms in total. The SMILES string of the molecule is Fc1ccccc1C1=NC2NC=CC=C2C(c2cncc(-c3ccc(N4CCNCC4)nc3)n2)=C1. The van der Waals surface area contributed by atoms with Gasteiger partial charge in [-0.3, -0.25) is 9.98 Å². The standard InChI is InChI=1S/C27H24FN7/c28-22-6-2-1-4-20(22)23-14-21(19-5-3-9-31-27(19)34-23)25-17-30-16-24(33-25)18-7-8-26(32-15-18)35-12-10-29-11-13-35/h1-9,14-17,27,29,31H,10-13H2. The first-order chi connectivity index (χ1) is 17.3. The highest BCUT2D eigenvalue weighted by molar-refractivity contribution is 6.15. The lowest BCUT2D eigenvalue weighted by atomic mass is 9.92. The topological polar surface area (TPSA) is 78.3 Å². The second kappa shape index (κ2) is 9.23. The van der Waals surface area contributed by atoms with Crippen LogP contribution in [0.25, 0.3) is 16.8 Å². The van der Waals surface area contributed by atoms with Crippen LogP contribution in [-0.2, 0) is 0 Å². The third kappa shape index (κ3) is 4.24. The van der Waals surface area contributed by atoms with Crippen LogP contribution in [0.5, 0.6) is 0 Å². The minimum absolute atomic E-state index is 0.309. The smallest absolute Gasteiger partial charge is 0.145 e. The monoisotopic (exact) mass is 465 g/mol. The van der Waals surface area contributed by atoms with Crippen molar-refractivity contribution >= 4 is 17.1 Å². The van der Waals surface area contributed by atoms with Gasteiger partial charge in [-0.05, 0) is 42.6 Å². The van der Waals surface area contributed by atoms with Gasteiger partial charge in [0.25, 0.3) is 0 Å². The van der Waals surface area contributed by atoms with E-state index in [1.165, 1.54) is 6.07 Å². The van der Waals surface area contributed by atoms with Crippen LogP contribution in [0.3, 0.4) is 0 Å². The molecule has 6 rings (SSSR count). The number of benzene rings is 1. The minimum Gasteiger partial charge on any atom is -0.366 e. The van der Waals surface area contributed by atoms with Crippen LogP contribution < -0.4 is 15.5 Å². The Kier molecular flexibility index (Phi) is 5.64. The average Bonchev–Trinajstić information content (AvgIpc) is 2.93. The number of hydrogen-bond acceptors (Lipinski definition) is 7. The minimum atomic E-state index is -0.319. The van der Waals surface area contributed by atoms with E-state index < -0.39 is 0 Å². The van der Waals surface area contributed by atoms with Gasteiger partial charge in [-0.1, -0.05) is 18.2 Å². The van der Waals surface area contributed by atoms with E-state index in [9.17, 15) is 4.39 Å². The van der Waals surface area contributed by atoms with Gasteiger partial charge in [-0.25, -0.2) is 14.4 Å². The van der Waals surface area contributed by atoms with Crippen LogP contribution in [-0.4, -0.2) is 53.0 Å². The molecule has 1 atom stereocenters. The zero-order chi connectivity index (χ0) is 23.6. The van der Waals surface area contributed by atoms with Gasteiger partial charge in [-0.15, -0.1) is 0 Å². The number of hydrogen-bond donors (Lipinski definition) is 2. The first kappa shape index (κ1) is 21.4. The average molecular weight is 466 g/mol. The summed E-state index contributed by atoms with van der Waals surface area (Å²) >= 11 is 0. The molecule has 3 aliphatic rings. The molecule has 8 heteroatoms. The van der Waals surface area contributed by atoms with E-state index in [0.717, 1.165) is 54.4 Å². The molecule has 2 N–H and O–H groups in total. The maximum Gasteiger partial charge on any atom is 0.145 e. The number of aromatic nitrogens is 3. The fourth-order valence-corrected chi connectivity index (χ4v) is 4.51. The van der Waals surface area contributed by atoms with Crippen LogP contribution >= 0.6 is 0 Å². The predicted molar refractivity (Wildman–Crippen MR) is 135 cm³/mol. The lowest BCUT2D eigenvalue weighted by molar-refractivity contribution is 0.585. The molecule has 35 heavy (non-hydrogen) atoms. The Morgan fingerprint density at radius 1 is 0.971 bits per heavy atom. The Morgan fingerprint density at radius 3 is 2.66 bits per heavy atom. The lowest BCUT2D eigenvalue weighted by Crippen LogP contribution is -2.43. The molecule has 174 valence electrons. The second-order valence-electron chi connectivity index (χ2n) is 8.53. The van der Waals surface area contributed by atoms with Crippen molar-refractivity contribution in [2.45, 2.75) is 6.17 Å². The number of anilines is 1. The number of dihydropyridines is 2. The van der Waals surface area contributed by atoms with Crippen molar-refractivity contribution in [1.29, 1.82) is 0 Å². The summed E-state index contributed by atoms with van der Waals surface area (Å²) in [7, 11) is 0. The molecule has 0 spiro atoms. The summed E-state index contributed by atoms with van der Waals surface area (Å²) in [5.41, 5.74) is 5.17. The van der Waals surface area contributed by atoms with Gasteiger partial charge in [0, 0.05) is 54.6 Å². The lowest BCUT2D eigenvalue weighted by Gasteiger charge is -2.28. The summed E-state index contributed by atoms with van der Waals surface area (Å²) in [5, 5.41) is 6.62. The summed E-state index contributed by atoms with van der Waals surface area (Å²) in [6.07, 6.45) is 12.7. The molecule has 5 heterocycles. The van der Waals surface area contributed by atoms with Gasteiger partial charge < -0.3 is 15.5 Å². The Labute approximate surface area is 202 Å². The fraction of sp³-hybridized carbons (Fsp3) is 0.185. The van der Waals surface area contributed by atoms with E-state index in [-0.39, 0.29) is 12.0 Å².